The molecule has 0 aromatic heterocycles. The molecular weight excluding hydrogens is 206 g/mol. The van der Waals surface area contributed by atoms with Crippen LogP contribution in [0.15, 0.2) is 12.1 Å². The number of likely N-dealkylation sites (N-methyl/N-ethyl adjacent to an activating group) is 1. The second kappa shape index (κ2) is 3.96. The predicted octanol–water partition coefficient (Wildman–Crippen LogP) is 1.44. The van der Waals surface area contributed by atoms with Gasteiger partial charge in [0.05, 0.1) is 13.2 Å². The molecule has 1 aliphatic rings. The molecule has 88 valence electrons. The second-order valence-electron chi connectivity index (χ2n) is 4.28. The van der Waals surface area contributed by atoms with Crippen LogP contribution in [0.2, 0.25) is 0 Å². The molecule has 0 fully saturated rings. The van der Waals surface area contributed by atoms with Crippen molar-refractivity contribution in [2.45, 2.75) is 19.1 Å². The summed E-state index contributed by atoms with van der Waals surface area (Å²) >= 11 is 0. The number of methoxy groups -OCH3 is 1. The summed E-state index contributed by atoms with van der Waals surface area (Å²) in [5, 5.41) is 19.6. The molecule has 0 saturated carbocycles. The Hall–Kier alpha value is -1.26. The Bertz CT molecular complexity index is 405. The number of hydrogen-bond donors (Lipinski definition) is 2. The van der Waals surface area contributed by atoms with Crippen molar-refractivity contribution in [2.75, 3.05) is 20.7 Å². The Labute approximate surface area is 95.1 Å². The molecule has 2 N–H and O–H groups in total. The molecule has 2 atom stereocenters. The molecule has 16 heavy (non-hydrogen) atoms. The number of β-amino-alcohol motifs (C(OH)–C–C–N with tert-alkyl or cyclic N) is 1. The zero-order valence-corrected chi connectivity index (χ0v) is 9.77. The van der Waals surface area contributed by atoms with Gasteiger partial charge < -0.3 is 14.9 Å². The molecule has 0 spiro atoms. The van der Waals surface area contributed by atoms with E-state index in [1.807, 2.05) is 7.05 Å². The number of phenols is 1. The zero-order valence-electron chi connectivity index (χ0n) is 9.77. The molecule has 1 aromatic rings. The number of benzene rings is 1. The highest BCUT2D eigenvalue weighted by Gasteiger charge is 2.28. The Morgan fingerprint density at radius 1 is 1.38 bits per heavy atom. The van der Waals surface area contributed by atoms with Gasteiger partial charge in [-0.15, -0.1) is 0 Å². The van der Waals surface area contributed by atoms with Crippen LogP contribution in [0.1, 0.15) is 30.2 Å². The van der Waals surface area contributed by atoms with Crippen molar-refractivity contribution in [3.8, 4) is 11.5 Å². The van der Waals surface area contributed by atoms with Crippen LogP contribution in [0.25, 0.3) is 0 Å². The third-order valence-corrected chi connectivity index (χ3v) is 3.32. The van der Waals surface area contributed by atoms with Gasteiger partial charge in [-0.1, -0.05) is 0 Å². The molecule has 1 aromatic carbocycles. The van der Waals surface area contributed by atoms with Crippen LogP contribution >= 0.6 is 0 Å². The van der Waals surface area contributed by atoms with Crippen LogP contribution in [0.3, 0.4) is 0 Å². The van der Waals surface area contributed by atoms with E-state index in [1.54, 1.807) is 12.1 Å². The normalized spacial score (nSPS) is 25.2. The molecule has 4 nitrogen and oxygen atoms in total. The minimum absolute atomic E-state index is 0.0806. The van der Waals surface area contributed by atoms with Crippen molar-refractivity contribution in [3.05, 3.63) is 23.3 Å². The molecule has 1 heterocycles. The first-order valence-corrected chi connectivity index (χ1v) is 5.33. The minimum Gasteiger partial charge on any atom is -0.504 e. The third kappa shape index (κ3) is 1.64. The number of aliphatic hydroxyl groups excluding tert-OH is 1. The third-order valence-electron chi connectivity index (χ3n) is 3.32. The van der Waals surface area contributed by atoms with Crippen molar-refractivity contribution < 1.29 is 14.9 Å². The molecular formula is C12H17NO3. The van der Waals surface area contributed by atoms with Gasteiger partial charge in [0.25, 0.3) is 0 Å². The van der Waals surface area contributed by atoms with Gasteiger partial charge in [-0.25, -0.2) is 0 Å². The summed E-state index contributed by atoms with van der Waals surface area (Å²) < 4.78 is 5.08. The topological polar surface area (TPSA) is 52.9 Å². The molecule has 0 amide bonds. The number of phenolic OH excluding ortho intramolecular Hbond substituents is 1. The first kappa shape index (κ1) is 11.2. The van der Waals surface area contributed by atoms with Gasteiger partial charge in [0, 0.05) is 12.6 Å². The van der Waals surface area contributed by atoms with Crippen LogP contribution in [0.5, 0.6) is 11.5 Å². The molecule has 4 heteroatoms. The van der Waals surface area contributed by atoms with Crippen LogP contribution < -0.4 is 4.74 Å². The van der Waals surface area contributed by atoms with E-state index in [-0.39, 0.29) is 11.8 Å². The average Bonchev–Trinajstić information content (AvgIpc) is 2.25. The Morgan fingerprint density at radius 3 is 2.69 bits per heavy atom. The maximum Gasteiger partial charge on any atom is 0.160 e. The van der Waals surface area contributed by atoms with Gasteiger partial charge >= 0.3 is 0 Å². The Balaban J connectivity index is 2.54. The Morgan fingerprint density at radius 2 is 2.06 bits per heavy atom. The molecule has 1 aliphatic heterocycles. The van der Waals surface area contributed by atoms with Gasteiger partial charge in [0.2, 0.25) is 0 Å². The predicted molar refractivity (Wildman–Crippen MR) is 60.7 cm³/mol. The number of hydrogen-bond acceptors (Lipinski definition) is 4. The molecule has 0 radical (unpaired) electrons. The van der Waals surface area contributed by atoms with E-state index < -0.39 is 6.10 Å². The van der Waals surface area contributed by atoms with E-state index in [0.717, 1.165) is 11.1 Å². The minimum atomic E-state index is -0.548. The molecule has 0 unspecified atom stereocenters. The SMILES string of the molecule is COc1cc2c(cc1O)[C@@H](O)CN(C)[C@H]2C. The van der Waals surface area contributed by atoms with Crippen LogP contribution in [-0.4, -0.2) is 35.8 Å². The summed E-state index contributed by atoms with van der Waals surface area (Å²) in [6.45, 7) is 2.65. The maximum absolute atomic E-state index is 9.94. The van der Waals surface area contributed by atoms with E-state index in [0.29, 0.717) is 12.3 Å². The van der Waals surface area contributed by atoms with Crippen molar-refractivity contribution in [1.29, 1.82) is 0 Å². The Kier molecular flexibility index (Phi) is 2.78. The van der Waals surface area contributed by atoms with E-state index in [9.17, 15) is 10.2 Å². The molecule has 0 bridgehead atoms. The lowest BCUT2D eigenvalue weighted by atomic mass is 9.91. The van der Waals surface area contributed by atoms with Crippen molar-refractivity contribution in [2.24, 2.45) is 0 Å². The number of nitrogens with zero attached hydrogens (tertiary/aromatic N) is 1. The first-order valence-electron chi connectivity index (χ1n) is 5.33. The van der Waals surface area contributed by atoms with Crippen molar-refractivity contribution >= 4 is 0 Å². The summed E-state index contributed by atoms with van der Waals surface area (Å²) in [6.07, 6.45) is -0.548. The lowest BCUT2D eigenvalue weighted by Crippen LogP contribution is -2.33. The fraction of sp³-hybridized carbons (Fsp3) is 0.500. The first-order chi connectivity index (χ1) is 7.54. The highest BCUT2D eigenvalue weighted by Crippen LogP contribution is 2.39. The smallest absolute Gasteiger partial charge is 0.160 e. The highest BCUT2D eigenvalue weighted by atomic mass is 16.5. The monoisotopic (exact) mass is 223 g/mol. The number of fused-ring (bicyclic) bond motifs is 1. The summed E-state index contributed by atoms with van der Waals surface area (Å²) in [5.74, 6) is 0.533. The average molecular weight is 223 g/mol. The maximum atomic E-state index is 9.94. The van der Waals surface area contributed by atoms with Gasteiger partial charge in [-0.3, -0.25) is 4.90 Å². The fourth-order valence-electron chi connectivity index (χ4n) is 2.18. The lowest BCUT2D eigenvalue weighted by molar-refractivity contribution is 0.0885. The molecule has 0 aliphatic carbocycles. The van der Waals surface area contributed by atoms with Crippen LogP contribution in [0.4, 0.5) is 0 Å². The van der Waals surface area contributed by atoms with Gasteiger partial charge in [0.1, 0.15) is 0 Å². The summed E-state index contributed by atoms with van der Waals surface area (Å²) in [7, 11) is 3.49. The van der Waals surface area contributed by atoms with E-state index in [4.69, 9.17) is 4.74 Å². The van der Waals surface area contributed by atoms with Crippen molar-refractivity contribution in [1.82, 2.24) is 4.90 Å². The van der Waals surface area contributed by atoms with Crippen molar-refractivity contribution in [3.63, 3.8) is 0 Å². The number of aromatic hydroxyl groups is 1. The van der Waals surface area contributed by atoms with Gasteiger partial charge in [-0.2, -0.15) is 0 Å². The van der Waals surface area contributed by atoms with Gasteiger partial charge in [-0.05, 0) is 37.2 Å². The standard InChI is InChI=1S/C12H17NO3/c1-7-8-5-12(16-3)10(14)4-9(8)11(15)6-13(7)2/h4-5,7,11,14-15H,6H2,1-3H3/t7-,11-/m0/s1. The quantitative estimate of drug-likeness (QED) is 0.756. The van der Waals surface area contributed by atoms with Gasteiger partial charge in [0.15, 0.2) is 11.5 Å². The van der Waals surface area contributed by atoms with Crippen LogP contribution in [0, 0.1) is 0 Å². The second-order valence-corrected chi connectivity index (χ2v) is 4.28. The largest absolute Gasteiger partial charge is 0.504 e. The van der Waals surface area contributed by atoms with Crippen LogP contribution in [-0.2, 0) is 0 Å². The lowest BCUT2D eigenvalue weighted by Gasteiger charge is -2.35. The zero-order chi connectivity index (χ0) is 11.9. The number of ether oxygens (including phenoxy) is 1. The van der Waals surface area contributed by atoms with E-state index in [1.165, 1.54) is 7.11 Å². The number of aliphatic hydroxyl groups is 1. The highest BCUT2D eigenvalue weighted by molar-refractivity contribution is 5.49. The summed E-state index contributed by atoms with van der Waals surface area (Å²) in [5.41, 5.74) is 1.81. The van der Waals surface area contributed by atoms with E-state index >= 15 is 0 Å². The summed E-state index contributed by atoms with van der Waals surface area (Å²) in [6, 6.07) is 3.61. The molecule has 2 rings (SSSR count). The van der Waals surface area contributed by atoms with E-state index in [2.05, 4.69) is 11.8 Å². The number of rotatable bonds is 1. The summed E-state index contributed by atoms with van der Waals surface area (Å²) in [4.78, 5) is 2.07. The molecule has 0 saturated heterocycles. The fourth-order valence-corrected chi connectivity index (χ4v) is 2.18.